The Morgan fingerprint density at radius 3 is 3.10 bits per heavy atom. The van der Waals surface area contributed by atoms with E-state index in [0.29, 0.717) is 0 Å². The van der Waals surface area contributed by atoms with Gasteiger partial charge in [0.1, 0.15) is 0 Å². The maximum Gasteiger partial charge on any atom is 0.0962 e. The van der Waals surface area contributed by atoms with Crippen molar-refractivity contribution in [1.29, 1.82) is 0 Å². The molecule has 10 heavy (non-hydrogen) atoms. The molecule has 0 atom stereocenters. The molecule has 0 aliphatic rings. The van der Waals surface area contributed by atoms with Crippen molar-refractivity contribution in [3.63, 3.8) is 0 Å². The average molecular weight is 151 g/mol. The molecule has 0 aromatic carbocycles. The third-order valence-corrected chi connectivity index (χ3v) is 1.93. The second kappa shape index (κ2) is 4.12. The maximum atomic E-state index is 4.13. The van der Waals surface area contributed by atoms with Crippen LogP contribution in [-0.2, 0) is 0 Å². The highest BCUT2D eigenvalue weighted by atomic mass is 32.2. The quantitative estimate of drug-likeness (QED) is 0.486. The molecule has 0 aliphatic carbocycles. The first-order valence-electron chi connectivity index (χ1n) is 3.08. The van der Waals surface area contributed by atoms with E-state index in [1.54, 1.807) is 18.0 Å². The van der Waals surface area contributed by atoms with E-state index >= 15 is 0 Å². The van der Waals surface area contributed by atoms with E-state index in [4.69, 9.17) is 0 Å². The molecular weight excluding hydrogens is 142 g/mol. The molecule has 2 heteroatoms. The van der Waals surface area contributed by atoms with Crippen LogP contribution in [-0.4, -0.2) is 10.7 Å². The van der Waals surface area contributed by atoms with Gasteiger partial charge in [-0.3, -0.25) is 0 Å². The van der Waals surface area contributed by atoms with Crippen LogP contribution in [0.2, 0.25) is 0 Å². The van der Waals surface area contributed by atoms with E-state index in [1.807, 2.05) is 24.3 Å². The molecule has 0 amide bonds. The van der Waals surface area contributed by atoms with Crippen molar-refractivity contribution in [1.82, 2.24) is 4.98 Å². The third kappa shape index (κ3) is 2.23. The van der Waals surface area contributed by atoms with Crippen LogP contribution in [0.1, 0.15) is 0 Å². The third-order valence-electron chi connectivity index (χ3n) is 0.987. The van der Waals surface area contributed by atoms with Crippen LogP contribution in [0.3, 0.4) is 0 Å². The number of pyridine rings is 1. The van der Waals surface area contributed by atoms with Crippen LogP contribution in [0.4, 0.5) is 0 Å². The predicted octanol–water partition coefficient (Wildman–Crippen LogP) is 2.36. The van der Waals surface area contributed by atoms with Crippen LogP contribution in [0.25, 0.3) is 0 Å². The van der Waals surface area contributed by atoms with Crippen LogP contribution in [0, 0.1) is 0 Å². The zero-order valence-corrected chi connectivity index (χ0v) is 6.47. The first-order chi connectivity index (χ1) is 4.93. The summed E-state index contributed by atoms with van der Waals surface area (Å²) in [5.74, 6) is 0.928. The van der Waals surface area contributed by atoms with Crippen molar-refractivity contribution in [3.05, 3.63) is 37.1 Å². The van der Waals surface area contributed by atoms with E-state index in [-0.39, 0.29) is 0 Å². The van der Waals surface area contributed by atoms with Crippen molar-refractivity contribution in [2.45, 2.75) is 5.03 Å². The van der Waals surface area contributed by atoms with Gasteiger partial charge in [-0.15, -0.1) is 18.3 Å². The lowest BCUT2D eigenvalue weighted by atomic mass is 10.5. The molecule has 1 nitrogen and oxygen atoms in total. The molecule has 0 unspecified atom stereocenters. The average Bonchev–Trinajstić information content (AvgIpc) is 2.03. The fraction of sp³-hybridized carbons (Fsp3) is 0.125. The zero-order valence-electron chi connectivity index (χ0n) is 5.66. The van der Waals surface area contributed by atoms with Crippen LogP contribution >= 0.6 is 11.8 Å². The Balaban J connectivity index is 2.50. The minimum absolute atomic E-state index is 0.928. The summed E-state index contributed by atoms with van der Waals surface area (Å²) in [6.07, 6.45) is 3.67. The Morgan fingerprint density at radius 1 is 1.60 bits per heavy atom. The fourth-order valence-electron chi connectivity index (χ4n) is 0.577. The molecule has 0 fully saturated rings. The van der Waals surface area contributed by atoms with Crippen molar-refractivity contribution >= 4 is 11.8 Å². The summed E-state index contributed by atoms with van der Waals surface area (Å²) in [6, 6.07) is 5.89. The Morgan fingerprint density at radius 2 is 2.50 bits per heavy atom. The molecule has 0 saturated heterocycles. The number of nitrogens with zero attached hydrogens (tertiary/aromatic N) is 1. The Kier molecular flexibility index (Phi) is 3.03. The monoisotopic (exact) mass is 151 g/mol. The molecule has 1 rings (SSSR count). The number of thioether (sulfide) groups is 1. The molecule has 0 bridgehead atoms. The molecular formula is C8H9NS. The number of hydrogen-bond donors (Lipinski definition) is 0. The minimum Gasteiger partial charge on any atom is -0.250 e. The summed E-state index contributed by atoms with van der Waals surface area (Å²) in [7, 11) is 0. The lowest BCUT2D eigenvalue weighted by Gasteiger charge is -1.93. The standard InChI is InChI=1S/C8H9NS/c1-2-7-10-8-5-3-4-6-9-8/h2-6H,1,7H2. The van der Waals surface area contributed by atoms with Gasteiger partial charge in [-0.25, -0.2) is 4.98 Å². The highest BCUT2D eigenvalue weighted by Crippen LogP contribution is 2.12. The normalized spacial score (nSPS) is 9.20. The molecule has 0 saturated carbocycles. The minimum atomic E-state index is 0.928. The van der Waals surface area contributed by atoms with Gasteiger partial charge in [0, 0.05) is 11.9 Å². The van der Waals surface area contributed by atoms with Gasteiger partial charge in [0.2, 0.25) is 0 Å². The first kappa shape index (κ1) is 7.35. The predicted molar refractivity (Wildman–Crippen MR) is 45.2 cm³/mol. The van der Waals surface area contributed by atoms with Crippen molar-refractivity contribution in [2.75, 3.05) is 5.75 Å². The van der Waals surface area contributed by atoms with Crippen molar-refractivity contribution < 1.29 is 0 Å². The highest BCUT2D eigenvalue weighted by molar-refractivity contribution is 7.99. The van der Waals surface area contributed by atoms with Crippen LogP contribution < -0.4 is 0 Å². The van der Waals surface area contributed by atoms with Gasteiger partial charge in [-0.1, -0.05) is 12.1 Å². The fourth-order valence-corrected chi connectivity index (χ4v) is 1.18. The van der Waals surface area contributed by atoms with Gasteiger partial charge < -0.3 is 0 Å². The van der Waals surface area contributed by atoms with Gasteiger partial charge in [-0.2, -0.15) is 0 Å². The Labute approximate surface area is 65.2 Å². The number of rotatable bonds is 3. The summed E-state index contributed by atoms with van der Waals surface area (Å²) < 4.78 is 0. The Bertz CT molecular complexity index is 196. The molecule has 52 valence electrons. The summed E-state index contributed by atoms with van der Waals surface area (Å²) in [6.45, 7) is 3.63. The second-order valence-corrected chi connectivity index (χ2v) is 2.81. The van der Waals surface area contributed by atoms with Crippen LogP contribution in [0.5, 0.6) is 0 Å². The molecule has 0 radical (unpaired) electrons. The van der Waals surface area contributed by atoms with Gasteiger partial charge in [0.15, 0.2) is 0 Å². The SMILES string of the molecule is C=CCSc1ccccn1. The molecule has 1 aromatic heterocycles. The summed E-state index contributed by atoms with van der Waals surface area (Å²) >= 11 is 1.69. The molecule has 0 aliphatic heterocycles. The van der Waals surface area contributed by atoms with Gasteiger partial charge in [-0.05, 0) is 12.1 Å². The molecule has 1 heterocycles. The van der Waals surface area contributed by atoms with E-state index in [1.165, 1.54) is 0 Å². The second-order valence-electron chi connectivity index (χ2n) is 1.77. The van der Waals surface area contributed by atoms with E-state index in [9.17, 15) is 0 Å². The number of hydrogen-bond acceptors (Lipinski definition) is 2. The Hall–Kier alpha value is -0.760. The zero-order chi connectivity index (χ0) is 7.23. The van der Waals surface area contributed by atoms with Crippen LogP contribution in [0.15, 0.2) is 42.1 Å². The summed E-state index contributed by atoms with van der Waals surface area (Å²) in [4.78, 5) is 4.13. The van der Waals surface area contributed by atoms with E-state index in [2.05, 4.69) is 11.6 Å². The first-order valence-corrected chi connectivity index (χ1v) is 4.07. The largest absolute Gasteiger partial charge is 0.250 e. The van der Waals surface area contributed by atoms with Crippen molar-refractivity contribution in [2.24, 2.45) is 0 Å². The molecule has 1 aromatic rings. The van der Waals surface area contributed by atoms with Gasteiger partial charge >= 0.3 is 0 Å². The van der Waals surface area contributed by atoms with Gasteiger partial charge in [0.05, 0.1) is 5.03 Å². The molecule has 0 spiro atoms. The maximum absolute atomic E-state index is 4.13. The van der Waals surface area contributed by atoms with E-state index < -0.39 is 0 Å². The van der Waals surface area contributed by atoms with Gasteiger partial charge in [0.25, 0.3) is 0 Å². The van der Waals surface area contributed by atoms with E-state index in [0.717, 1.165) is 10.8 Å². The highest BCUT2D eigenvalue weighted by Gasteiger charge is 1.87. The summed E-state index contributed by atoms with van der Waals surface area (Å²) in [5.41, 5.74) is 0. The lowest BCUT2D eigenvalue weighted by Crippen LogP contribution is -1.76. The topological polar surface area (TPSA) is 12.9 Å². The van der Waals surface area contributed by atoms with Crippen molar-refractivity contribution in [3.8, 4) is 0 Å². The molecule has 0 N–H and O–H groups in total. The summed E-state index contributed by atoms with van der Waals surface area (Å²) in [5, 5.41) is 1.06. The lowest BCUT2D eigenvalue weighted by molar-refractivity contribution is 1.14. The smallest absolute Gasteiger partial charge is 0.0962 e. The number of aromatic nitrogens is 1.